The molecule has 0 bridgehead atoms. The number of ether oxygens (including phenoxy) is 12. The van der Waals surface area contributed by atoms with E-state index in [0.29, 0.717) is 65.5 Å². The van der Waals surface area contributed by atoms with Gasteiger partial charge >= 0.3 is 0 Å². The van der Waals surface area contributed by atoms with Crippen LogP contribution in [0.4, 0.5) is 0 Å². The number of thiazole rings is 1. The molecule has 2 atom stereocenters. The summed E-state index contributed by atoms with van der Waals surface area (Å²) in [6, 6.07) is 24.9. The van der Waals surface area contributed by atoms with Gasteiger partial charge in [-0.3, -0.25) is 24.2 Å². The summed E-state index contributed by atoms with van der Waals surface area (Å²) in [5.74, 6) is 11.1. The van der Waals surface area contributed by atoms with E-state index in [0.717, 1.165) is 218 Å². The van der Waals surface area contributed by atoms with Crippen molar-refractivity contribution < 1.29 is 76.0 Å². The van der Waals surface area contributed by atoms with Crippen LogP contribution in [0.15, 0.2) is 111 Å². The van der Waals surface area contributed by atoms with E-state index < -0.39 is 0 Å². The van der Waals surface area contributed by atoms with E-state index in [1.807, 2.05) is 185 Å². The van der Waals surface area contributed by atoms with Crippen LogP contribution in [0.5, 0.6) is 69.0 Å². The molecule has 17 rings (SSSR count). The Labute approximate surface area is 878 Å². The molecule has 11 aromatic rings. The summed E-state index contributed by atoms with van der Waals surface area (Å²) in [6.45, 7) is 40.9. The zero-order valence-electron chi connectivity index (χ0n) is 88.4. The number of nitrogens with two attached hydrogens (primary N) is 1. The number of hydrogen-bond acceptors (Lipinski definition) is 23. The third-order valence-electron chi connectivity index (χ3n) is 25.8. The molecule has 6 aromatic carbocycles. The largest absolute Gasteiger partial charge is 0.493 e. The number of fused-ring (bicyclic) bond motifs is 14. The number of carbonyl (C=O) groups is 4. The number of amides is 4. The highest BCUT2D eigenvalue weighted by Crippen LogP contribution is 2.49. The summed E-state index contributed by atoms with van der Waals surface area (Å²) < 4.78 is 79.1. The minimum absolute atomic E-state index is 0.00833. The van der Waals surface area contributed by atoms with Crippen molar-refractivity contribution in [1.29, 1.82) is 0 Å². The summed E-state index contributed by atoms with van der Waals surface area (Å²) in [4.78, 5) is 75.0. The number of nitrogens with zero attached hydrogens (tertiary/aromatic N) is 11. The molecule has 34 heteroatoms. The molecular formula is C110H145Br3N14O16S. The first-order chi connectivity index (χ1) is 68.5. The fourth-order valence-electron chi connectivity index (χ4n) is 18.3. The van der Waals surface area contributed by atoms with Crippen LogP contribution in [0.1, 0.15) is 216 Å². The molecule has 6 aliphatic rings. The second-order valence-corrected chi connectivity index (χ2v) is 43.3. The number of carbonyl (C=O) groups excluding carboxylic acids is 4. The van der Waals surface area contributed by atoms with Gasteiger partial charge in [-0.1, -0.05) is 0 Å². The van der Waals surface area contributed by atoms with Gasteiger partial charge in [-0.15, -0.1) is 11.3 Å². The van der Waals surface area contributed by atoms with Gasteiger partial charge in [0.2, 0.25) is 18.1 Å². The Kier molecular flexibility index (Phi) is 38.5. The van der Waals surface area contributed by atoms with Gasteiger partial charge in [-0.2, -0.15) is 0 Å². The van der Waals surface area contributed by atoms with Crippen LogP contribution >= 0.6 is 59.1 Å². The maximum atomic E-state index is 13.5. The molecule has 0 saturated carbocycles. The van der Waals surface area contributed by atoms with Crippen molar-refractivity contribution in [3.05, 3.63) is 167 Å². The number of aryl methyl sites for hydroxylation is 7. The van der Waals surface area contributed by atoms with Gasteiger partial charge in [0.15, 0.2) is 79.6 Å². The molecule has 2 unspecified atom stereocenters. The quantitative estimate of drug-likeness (QED) is 0.0367. The van der Waals surface area contributed by atoms with E-state index in [-0.39, 0.29) is 72.0 Å². The van der Waals surface area contributed by atoms with Crippen LogP contribution in [-0.2, 0) is 87.1 Å². The second kappa shape index (κ2) is 49.7. The summed E-state index contributed by atoms with van der Waals surface area (Å²) in [5, 5.41) is 5.20. The maximum absolute atomic E-state index is 13.5. The van der Waals surface area contributed by atoms with Gasteiger partial charge in [0.25, 0.3) is 11.8 Å². The fourth-order valence-corrected chi connectivity index (χ4v) is 20.9. The molecule has 0 fully saturated rings. The van der Waals surface area contributed by atoms with Gasteiger partial charge in [-0.25, -0.2) is 19.9 Å². The molecule has 30 nitrogen and oxygen atoms in total. The van der Waals surface area contributed by atoms with Crippen LogP contribution < -0.4 is 73.2 Å². The lowest BCUT2D eigenvalue weighted by atomic mass is 9.82. The summed E-state index contributed by atoms with van der Waals surface area (Å²) >= 11 is 12.2. The van der Waals surface area contributed by atoms with E-state index in [1.54, 1.807) is 64.2 Å². The fraction of sp³-hybridized carbons (Fsp3) is 0.500. The minimum Gasteiger partial charge on any atom is -0.493 e. The smallest absolute Gasteiger partial charge is 0.290 e. The van der Waals surface area contributed by atoms with Crippen LogP contribution in [0, 0.1) is 11.8 Å². The van der Waals surface area contributed by atoms with Crippen molar-refractivity contribution in [1.82, 2.24) is 63.6 Å². The first-order valence-corrected chi connectivity index (χ1v) is 52.9. The molecule has 0 spiro atoms. The van der Waals surface area contributed by atoms with Crippen LogP contribution in [0.3, 0.4) is 0 Å². The highest BCUT2D eigenvalue weighted by atomic mass is 79.9. The number of nitrogens with one attached hydrogen (secondary N) is 2. The molecule has 4 amide bonds. The van der Waals surface area contributed by atoms with Crippen LogP contribution in [-0.4, -0.2) is 201 Å². The average Bonchev–Trinajstić information content (AvgIpc) is 1.58. The van der Waals surface area contributed by atoms with Crippen molar-refractivity contribution in [2.45, 2.75) is 276 Å². The number of benzene rings is 6. The first-order valence-electron chi connectivity index (χ1n) is 49.6. The molecule has 0 saturated heterocycles. The predicted molar refractivity (Wildman–Crippen MR) is 577 cm³/mol. The molecule has 5 aromatic heterocycles. The molecule has 2 aliphatic carbocycles. The Balaban J connectivity index is 0.000000156. The molecule has 4 N–H and O–H groups in total. The Bertz CT molecular complexity index is 6280. The Morgan fingerprint density at radius 1 is 0.451 bits per heavy atom. The highest BCUT2D eigenvalue weighted by molar-refractivity contribution is 9.11. The molecule has 144 heavy (non-hydrogen) atoms. The Morgan fingerprint density at radius 2 is 0.812 bits per heavy atom. The standard InChI is InChI=1S/C24H30N4O3S.C21H28BrN3O3.C19H28N2O4.C16H25NO2.C15H16Br2N2O2.C15H18N2O2/c1-14(2)31-18-11-16-15(10-17(18)30-7)8-9-28-21(16)20(19-12-25-13-32-19)26-22(28)23(29)27(6)24(3,4)5;1-12(2)28-16-11-14-13(10-15(16)27-7)8-9-25-17(14)18(22)23-19(25)20(26)24(6)21(3,4)5;1-13(2)25-18-9-15-5-4-14(8-16(15)10-17(18)24-3)6-7-21-19(23)11-20-12-22;1-11(2)19-16-9-13-5-4-12(6-7-17)8-14(13)10-15(16)18-3;1-8(2)21-12-7-10-9(6-11(12)20-3)4-5-19-13(10)14(16)18-15(19)17;1-10(2)19-15-7-12-11(6-14(15)18-3)4-5-17-9-16-8-13(12)17/h10-14H,8-9H2,1-7H3;10-12H,8-9H2,1-7H3;9-10,12-14H,4-8,11H2,1-3H3,(H,20,22)(H,21,23);9-12H,4-8,17H2,1-3H3;6-8H,4-5H2,1-3H3;6-10H,4-5H2,1-3H3. The normalized spacial score (nSPS) is 14.3. The van der Waals surface area contributed by atoms with Gasteiger partial charge in [0, 0.05) is 86.3 Å². The van der Waals surface area contributed by atoms with Gasteiger partial charge in [-0.05, 0) is 385 Å². The van der Waals surface area contributed by atoms with E-state index in [9.17, 15) is 19.2 Å². The first kappa shape index (κ1) is 111. The lowest BCUT2D eigenvalue weighted by Gasteiger charge is -2.32. The zero-order valence-corrected chi connectivity index (χ0v) is 94.0. The van der Waals surface area contributed by atoms with Crippen molar-refractivity contribution in [2.24, 2.45) is 17.6 Å². The third-order valence-corrected chi connectivity index (χ3v) is 28.3. The molecule has 4 aliphatic heterocycles. The van der Waals surface area contributed by atoms with Gasteiger partial charge < -0.3 is 101 Å². The van der Waals surface area contributed by atoms with Crippen LogP contribution in [0.2, 0.25) is 0 Å². The molecular weight excluding hydrogens is 2050 g/mol. The number of aromatic nitrogens is 9. The molecule has 778 valence electrons. The zero-order chi connectivity index (χ0) is 105. The summed E-state index contributed by atoms with van der Waals surface area (Å²) in [7, 11) is 13.7. The summed E-state index contributed by atoms with van der Waals surface area (Å²) in [6.07, 6.45) is 18.8. The van der Waals surface area contributed by atoms with Gasteiger partial charge in [0.05, 0.1) is 132 Å². The molecule has 0 radical (unpaired) electrons. The average molecular weight is 2190 g/mol. The number of hydrogen-bond donors (Lipinski definition) is 3. The van der Waals surface area contributed by atoms with E-state index >= 15 is 0 Å². The van der Waals surface area contributed by atoms with Gasteiger partial charge in [0.1, 0.15) is 14.9 Å². The van der Waals surface area contributed by atoms with Crippen molar-refractivity contribution in [2.75, 3.05) is 76.4 Å². The summed E-state index contributed by atoms with van der Waals surface area (Å²) in [5.41, 5.74) is 26.4. The maximum Gasteiger partial charge on any atom is 0.290 e. The SMILES string of the molecule is COc1cc2c(cc1OC(C)C)-c1c(-c3cncs3)nc(C(=O)N(C)C(C)(C)C)n1CC2.COc1cc2c(cc1OC(C)C)-c1c(Br)nc(Br)n1CC2.COc1cc2c(cc1OC(C)C)-c1c(Br)nc(C(=O)N(C)C(C)(C)C)n1CC2.COc1cc2c(cc1OC(C)C)-c1cncn1CC2.COc1cc2c(cc1OC(C)C)CCC(CCN)C2.COc1cc2c(cc1OC(C)C)CCC(CCNC(=O)CNC=O)C2. The minimum atomic E-state index is -0.313. The van der Waals surface area contributed by atoms with Crippen molar-refractivity contribution in [3.63, 3.8) is 0 Å². The lowest BCUT2D eigenvalue weighted by Crippen LogP contribution is -2.43. The van der Waals surface area contributed by atoms with Crippen LogP contribution in [0.25, 0.3) is 55.6 Å². The highest BCUT2D eigenvalue weighted by Gasteiger charge is 2.38. The monoisotopic (exact) mass is 2190 g/mol. The van der Waals surface area contributed by atoms with Crippen molar-refractivity contribution in [3.8, 4) is 125 Å². The molecule has 9 heterocycles. The third kappa shape index (κ3) is 27.1. The van der Waals surface area contributed by atoms with E-state index in [2.05, 4.69) is 136 Å². The van der Waals surface area contributed by atoms with Crippen molar-refractivity contribution >= 4 is 83.3 Å². The number of methoxy groups -OCH3 is 6. The number of rotatable bonds is 29. The van der Waals surface area contributed by atoms with E-state index in [4.69, 9.17) is 67.6 Å². The number of halogens is 3. The van der Waals surface area contributed by atoms with E-state index in [1.165, 1.54) is 56.7 Å². The second-order valence-electron chi connectivity index (χ2n) is 40.2. The lowest BCUT2D eigenvalue weighted by molar-refractivity contribution is -0.122. The predicted octanol–water partition coefficient (Wildman–Crippen LogP) is 21.5. The Hall–Kier alpha value is -11.3. The Morgan fingerprint density at radius 3 is 1.22 bits per heavy atom. The topological polar surface area (TPSA) is 320 Å². The number of imidazole rings is 4.